The molecule has 0 saturated heterocycles. The minimum atomic E-state index is -0.455. The first-order valence-electron chi connectivity index (χ1n) is 6.55. The number of unbranched alkanes of at least 4 members (excludes halogenated alkanes) is 1. The van der Waals surface area contributed by atoms with Crippen LogP contribution in [0.2, 0.25) is 0 Å². The van der Waals surface area contributed by atoms with Crippen molar-refractivity contribution in [2.45, 2.75) is 38.7 Å². The van der Waals surface area contributed by atoms with Crippen molar-refractivity contribution >= 4 is 11.6 Å². The number of hydrogen-bond donors (Lipinski definition) is 2. The maximum Gasteiger partial charge on any atom is 0.265 e. The number of carbonyl (C=O) groups is 1. The highest BCUT2D eigenvalue weighted by atomic mass is 16.5. The third-order valence-electron chi connectivity index (χ3n) is 3.11. The van der Waals surface area contributed by atoms with E-state index in [0.29, 0.717) is 13.0 Å². The molecule has 4 nitrogen and oxygen atoms in total. The summed E-state index contributed by atoms with van der Waals surface area (Å²) in [6, 6.07) is 6.00. The van der Waals surface area contributed by atoms with Gasteiger partial charge in [0.05, 0.1) is 5.69 Å². The molecule has 0 fully saturated rings. The molecule has 1 atom stereocenters. The molecule has 1 aliphatic rings. The second kappa shape index (κ2) is 5.87. The number of anilines is 1. The molecule has 0 radical (unpaired) electrons. The molecule has 2 rings (SSSR count). The normalized spacial score (nSPS) is 17.9. The molecule has 1 aliphatic heterocycles. The van der Waals surface area contributed by atoms with Crippen LogP contribution in [0.25, 0.3) is 0 Å². The summed E-state index contributed by atoms with van der Waals surface area (Å²) in [6.45, 7) is 2.61. The Morgan fingerprint density at radius 1 is 1.44 bits per heavy atom. The van der Waals surface area contributed by atoms with E-state index in [1.165, 1.54) is 12.0 Å². The topological polar surface area (TPSA) is 64.4 Å². The molecule has 0 aromatic heterocycles. The molecule has 3 N–H and O–H groups in total. The van der Waals surface area contributed by atoms with Crippen molar-refractivity contribution < 1.29 is 9.53 Å². The minimum absolute atomic E-state index is 0.0967. The molecular formula is C14H20N2O2. The van der Waals surface area contributed by atoms with Crippen LogP contribution >= 0.6 is 0 Å². The van der Waals surface area contributed by atoms with Gasteiger partial charge in [-0.1, -0.05) is 19.4 Å². The molecule has 18 heavy (non-hydrogen) atoms. The van der Waals surface area contributed by atoms with Gasteiger partial charge in [-0.15, -0.1) is 0 Å². The number of carbonyl (C=O) groups excluding carboxylic acids is 1. The number of hydrogen-bond acceptors (Lipinski definition) is 3. The summed E-state index contributed by atoms with van der Waals surface area (Å²) in [5.74, 6) is 0.647. The number of amides is 1. The number of nitrogens with one attached hydrogen (secondary N) is 1. The largest absolute Gasteiger partial charge is 0.478 e. The zero-order valence-electron chi connectivity index (χ0n) is 10.7. The summed E-state index contributed by atoms with van der Waals surface area (Å²) in [4.78, 5) is 11.8. The van der Waals surface area contributed by atoms with E-state index < -0.39 is 6.10 Å². The van der Waals surface area contributed by atoms with E-state index in [0.717, 1.165) is 24.3 Å². The fourth-order valence-corrected chi connectivity index (χ4v) is 2.08. The number of aryl methyl sites for hydroxylation is 1. The minimum Gasteiger partial charge on any atom is -0.478 e. The Balaban J connectivity index is 2.13. The maximum absolute atomic E-state index is 11.8. The first kappa shape index (κ1) is 12.9. The Hall–Kier alpha value is -1.55. The molecule has 0 saturated carbocycles. The SMILES string of the molecule is CCCCc1ccc2c(c1)NC(=O)C(CCN)O2. The molecule has 1 aromatic rings. The van der Waals surface area contributed by atoms with Crippen molar-refractivity contribution in [3.8, 4) is 5.75 Å². The van der Waals surface area contributed by atoms with Gasteiger partial charge in [0.2, 0.25) is 0 Å². The smallest absolute Gasteiger partial charge is 0.265 e. The van der Waals surface area contributed by atoms with E-state index in [4.69, 9.17) is 10.5 Å². The van der Waals surface area contributed by atoms with Gasteiger partial charge in [-0.3, -0.25) is 4.79 Å². The second-order valence-corrected chi connectivity index (χ2v) is 4.61. The fraction of sp³-hybridized carbons (Fsp3) is 0.500. The van der Waals surface area contributed by atoms with Crippen molar-refractivity contribution in [1.29, 1.82) is 0 Å². The summed E-state index contributed by atoms with van der Waals surface area (Å²) in [5, 5.41) is 2.89. The van der Waals surface area contributed by atoms with Crippen molar-refractivity contribution in [2.75, 3.05) is 11.9 Å². The zero-order valence-corrected chi connectivity index (χ0v) is 10.7. The highest BCUT2D eigenvalue weighted by Gasteiger charge is 2.26. The number of rotatable bonds is 5. The van der Waals surface area contributed by atoms with E-state index >= 15 is 0 Å². The predicted molar refractivity (Wildman–Crippen MR) is 71.8 cm³/mol. The van der Waals surface area contributed by atoms with E-state index in [1.54, 1.807) is 0 Å². The van der Waals surface area contributed by atoms with Gasteiger partial charge in [0.25, 0.3) is 5.91 Å². The predicted octanol–water partition coefficient (Wildman–Crippen LogP) is 2.08. The summed E-state index contributed by atoms with van der Waals surface area (Å²) in [5.41, 5.74) is 7.47. The molecule has 1 unspecified atom stereocenters. The first-order chi connectivity index (χ1) is 8.74. The molecule has 98 valence electrons. The third kappa shape index (κ3) is 2.82. The van der Waals surface area contributed by atoms with Crippen molar-refractivity contribution in [1.82, 2.24) is 0 Å². The second-order valence-electron chi connectivity index (χ2n) is 4.61. The van der Waals surface area contributed by atoms with Gasteiger partial charge in [-0.25, -0.2) is 0 Å². The maximum atomic E-state index is 11.8. The van der Waals surface area contributed by atoms with Crippen LogP contribution in [0.5, 0.6) is 5.75 Å². The van der Waals surface area contributed by atoms with Gasteiger partial charge < -0.3 is 15.8 Å². The molecule has 1 amide bonds. The highest BCUT2D eigenvalue weighted by molar-refractivity contribution is 5.97. The highest BCUT2D eigenvalue weighted by Crippen LogP contribution is 2.31. The summed E-state index contributed by atoms with van der Waals surface area (Å²) < 4.78 is 5.65. The van der Waals surface area contributed by atoms with E-state index in [9.17, 15) is 4.79 Å². The van der Waals surface area contributed by atoms with E-state index in [1.807, 2.05) is 12.1 Å². The number of benzene rings is 1. The summed E-state index contributed by atoms with van der Waals surface area (Å²) in [7, 11) is 0. The molecule has 0 aliphatic carbocycles. The summed E-state index contributed by atoms with van der Waals surface area (Å²) in [6.07, 6.45) is 3.44. The van der Waals surface area contributed by atoms with E-state index in [-0.39, 0.29) is 5.91 Å². The Kier molecular flexibility index (Phi) is 4.20. The quantitative estimate of drug-likeness (QED) is 0.838. The molecular weight excluding hydrogens is 228 g/mol. The Morgan fingerprint density at radius 2 is 2.28 bits per heavy atom. The van der Waals surface area contributed by atoms with Crippen LogP contribution in [-0.2, 0) is 11.2 Å². The van der Waals surface area contributed by atoms with Crippen LogP contribution < -0.4 is 15.8 Å². The van der Waals surface area contributed by atoms with Crippen molar-refractivity contribution in [3.63, 3.8) is 0 Å². The van der Waals surface area contributed by atoms with Gasteiger partial charge in [0.15, 0.2) is 6.10 Å². The van der Waals surface area contributed by atoms with Gasteiger partial charge in [-0.2, -0.15) is 0 Å². The lowest BCUT2D eigenvalue weighted by atomic mass is 10.1. The van der Waals surface area contributed by atoms with Crippen LogP contribution in [0.3, 0.4) is 0 Å². The van der Waals surface area contributed by atoms with Crippen LogP contribution in [0.4, 0.5) is 5.69 Å². The lowest BCUT2D eigenvalue weighted by Crippen LogP contribution is -2.38. The Bertz CT molecular complexity index is 432. The summed E-state index contributed by atoms with van der Waals surface area (Å²) >= 11 is 0. The lowest BCUT2D eigenvalue weighted by molar-refractivity contribution is -0.123. The molecule has 1 heterocycles. The number of fused-ring (bicyclic) bond motifs is 1. The van der Waals surface area contributed by atoms with Gasteiger partial charge >= 0.3 is 0 Å². The van der Waals surface area contributed by atoms with Crippen LogP contribution in [0.1, 0.15) is 31.7 Å². The molecule has 1 aromatic carbocycles. The monoisotopic (exact) mass is 248 g/mol. The molecule has 4 heteroatoms. The van der Waals surface area contributed by atoms with Gasteiger partial charge in [0, 0.05) is 6.42 Å². The number of ether oxygens (including phenoxy) is 1. The lowest BCUT2D eigenvalue weighted by Gasteiger charge is -2.26. The van der Waals surface area contributed by atoms with Crippen molar-refractivity contribution in [2.24, 2.45) is 5.73 Å². The third-order valence-corrected chi connectivity index (χ3v) is 3.11. The average molecular weight is 248 g/mol. The zero-order chi connectivity index (χ0) is 13.0. The van der Waals surface area contributed by atoms with Gasteiger partial charge in [0.1, 0.15) is 5.75 Å². The first-order valence-corrected chi connectivity index (χ1v) is 6.55. The van der Waals surface area contributed by atoms with Crippen LogP contribution in [0, 0.1) is 0 Å². The molecule has 0 bridgehead atoms. The average Bonchev–Trinajstić information content (AvgIpc) is 2.37. The Morgan fingerprint density at radius 3 is 3.00 bits per heavy atom. The van der Waals surface area contributed by atoms with Gasteiger partial charge in [-0.05, 0) is 37.1 Å². The number of nitrogens with two attached hydrogens (primary N) is 1. The van der Waals surface area contributed by atoms with Crippen LogP contribution in [-0.4, -0.2) is 18.6 Å². The molecule has 0 spiro atoms. The van der Waals surface area contributed by atoms with Crippen molar-refractivity contribution in [3.05, 3.63) is 23.8 Å². The fourth-order valence-electron chi connectivity index (χ4n) is 2.08. The van der Waals surface area contributed by atoms with E-state index in [2.05, 4.69) is 18.3 Å². The Labute approximate surface area is 108 Å². The van der Waals surface area contributed by atoms with Crippen LogP contribution in [0.15, 0.2) is 18.2 Å². The standard InChI is InChI=1S/C14H20N2O2/c1-2-3-4-10-5-6-12-11(9-10)16-14(17)13(18-12)7-8-15/h5-6,9,13H,2-4,7-8,15H2,1H3,(H,16,17).